The Labute approximate surface area is 315 Å². The number of carbonyl (C=O) groups excluding carboxylic acids is 2. The van der Waals surface area contributed by atoms with Gasteiger partial charge in [-0.15, -0.1) is 5.10 Å². The van der Waals surface area contributed by atoms with Crippen LogP contribution >= 0.6 is 0 Å². The van der Waals surface area contributed by atoms with Gasteiger partial charge in [-0.3, -0.25) is 14.3 Å². The third-order valence-corrected chi connectivity index (χ3v) is 11.2. The largest absolute Gasteiger partial charge is 0.497 e. The van der Waals surface area contributed by atoms with E-state index in [-0.39, 0.29) is 36.4 Å². The lowest BCUT2D eigenvalue weighted by Crippen LogP contribution is -2.45. The predicted octanol–water partition coefficient (Wildman–Crippen LogP) is 6.54. The molecule has 1 aromatic heterocycles. The normalized spacial score (nSPS) is 20.7. The van der Waals surface area contributed by atoms with Crippen molar-refractivity contribution in [3.63, 3.8) is 0 Å². The number of anilines is 2. The summed E-state index contributed by atoms with van der Waals surface area (Å²) >= 11 is 0. The molecule has 7 rings (SSSR count). The van der Waals surface area contributed by atoms with E-state index in [1.165, 1.54) is 0 Å². The van der Waals surface area contributed by atoms with Gasteiger partial charge in [0.25, 0.3) is 11.8 Å². The number of aliphatic hydroxyl groups excluding tert-OH is 1. The minimum Gasteiger partial charge on any atom is -0.497 e. The van der Waals surface area contributed by atoms with Gasteiger partial charge in [-0.25, -0.2) is 0 Å². The number of aliphatic hydroxyl groups is 1. The number of nitrogens with one attached hydrogen (secondary N) is 1. The molecule has 4 aromatic carbocycles. The Morgan fingerprint density at radius 3 is 2.31 bits per heavy atom. The average Bonchev–Trinajstić information content (AvgIpc) is 3.84. The molecule has 2 N–H and O–H groups in total. The molecule has 1 saturated heterocycles. The van der Waals surface area contributed by atoms with Crippen molar-refractivity contribution in [2.45, 2.75) is 63.8 Å². The number of amides is 2. The molecule has 2 aliphatic rings. The maximum Gasteiger partial charge on any atom is 0.264 e. The summed E-state index contributed by atoms with van der Waals surface area (Å²) in [5, 5.41) is 21.0. The molecule has 2 amide bonds. The Morgan fingerprint density at radius 2 is 1.65 bits per heavy atom. The Morgan fingerprint density at radius 1 is 0.963 bits per heavy atom. The number of carbonyl (C=O) groups is 2. The van der Waals surface area contributed by atoms with Crippen LogP contribution in [0.5, 0.6) is 11.5 Å². The monoisotopic (exact) mass is 729 g/mol. The maximum atomic E-state index is 15.2. The van der Waals surface area contributed by atoms with Crippen molar-refractivity contribution < 1.29 is 28.9 Å². The fourth-order valence-corrected chi connectivity index (χ4v) is 8.47. The van der Waals surface area contributed by atoms with E-state index >= 15 is 4.79 Å². The number of rotatable bonds is 13. The second-order valence-electron chi connectivity index (χ2n) is 14.7. The summed E-state index contributed by atoms with van der Waals surface area (Å²) in [5.41, 5.74) is 3.55. The standard InChI is InChI=1S/C43H47N5O6/c1-28-39(42(2,3)31-13-18-35(53-5)19-14-31)38(21-23-47-27-33(22-24-49)45-46-47)54-43(28)36-25-32(44-40(50)30-11-16-34(52-4)17-12-30)15-20-37(36)48(41(43)51)26-29-9-7-6-8-10-29/h6-20,25,27-28,38-39,49H,21-24,26H2,1-5H3,(H,44,50)/t28-,38+,39-,43+/m1/s1. The van der Waals surface area contributed by atoms with Crippen LogP contribution in [0.2, 0.25) is 0 Å². The number of nitrogens with zero attached hydrogens (tertiary/aromatic N) is 4. The lowest BCUT2D eigenvalue weighted by Gasteiger charge is -2.38. The van der Waals surface area contributed by atoms with Crippen LogP contribution in [0.3, 0.4) is 0 Å². The van der Waals surface area contributed by atoms with Crippen molar-refractivity contribution in [2.75, 3.05) is 31.0 Å². The van der Waals surface area contributed by atoms with Gasteiger partial charge < -0.3 is 29.5 Å². The molecule has 54 heavy (non-hydrogen) atoms. The van der Waals surface area contributed by atoms with Crippen molar-refractivity contribution >= 4 is 23.2 Å². The molecule has 0 radical (unpaired) electrons. The molecule has 1 fully saturated rings. The Bertz CT molecular complexity index is 2100. The second-order valence-corrected chi connectivity index (χ2v) is 14.7. The van der Waals surface area contributed by atoms with Crippen LogP contribution < -0.4 is 19.7 Å². The number of hydrogen-bond donors (Lipinski definition) is 2. The molecule has 5 aromatic rings. The highest BCUT2D eigenvalue weighted by atomic mass is 16.5. The Balaban J connectivity index is 1.30. The fraction of sp³-hybridized carbons (Fsp3) is 0.349. The van der Waals surface area contributed by atoms with E-state index in [0.717, 1.165) is 28.1 Å². The van der Waals surface area contributed by atoms with Crippen LogP contribution in [-0.2, 0) is 40.1 Å². The summed E-state index contributed by atoms with van der Waals surface area (Å²) < 4.78 is 19.8. The van der Waals surface area contributed by atoms with Crippen molar-refractivity contribution in [2.24, 2.45) is 11.8 Å². The predicted molar refractivity (Wildman–Crippen MR) is 206 cm³/mol. The van der Waals surface area contributed by atoms with Crippen LogP contribution in [-0.4, -0.2) is 58.8 Å². The summed E-state index contributed by atoms with van der Waals surface area (Å²) in [5.74, 6) is 0.603. The zero-order chi connectivity index (χ0) is 38.0. The van der Waals surface area contributed by atoms with E-state index in [9.17, 15) is 9.90 Å². The molecule has 11 heteroatoms. The number of ether oxygens (including phenoxy) is 3. The Kier molecular flexibility index (Phi) is 10.3. The van der Waals surface area contributed by atoms with E-state index in [2.05, 4.69) is 48.5 Å². The van der Waals surface area contributed by atoms with Gasteiger partial charge >= 0.3 is 0 Å². The quantitative estimate of drug-likeness (QED) is 0.140. The highest BCUT2D eigenvalue weighted by Gasteiger charge is 2.66. The van der Waals surface area contributed by atoms with Crippen molar-refractivity contribution in [3.8, 4) is 11.5 Å². The topological polar surface area (TPSA) is 128 Å². The summed E-state index contributed by atoms with van der Waals surface area (Å²) in [6, 6.07) is 30.6. The highest BCUT2D eigenvalue weighted by molar-refractivity contribution is 6.09. The van der Waals surface area contributed by atoms with E-state index in [1.807, 2.05) is 71.8 Å². The van der Waals surface area contributed by atoms with Crippen LogP contribution in [0.15, 0.2) is 103 Å². The smallest absolute Gasteiger partial charge is 0.264 e. The summed E-state index contributed by atoms with van der Waals surface area (Å²) in [6.07, 6.45) is 2.47. The number of fused-ring (bicyclic) bond motifs is 2. The number of aryl methyl sites for hydroxylation is 1. The summed E-state index contributed by atoms with van der Waals surface area (Å²) in [6.45, 7) is 7.42. The lowest BCUT2D eigenvalue weighted by molar-refractivity contribution is -0.146. The van der Waals surface area contributed by atoms with Gasteiger partial charge in [0.05, 0.1) is 38.2 Å². The molecule has 0 bridgehead atoms. The SMILES string of the molecule is COc1ccc(C(=O)Nc2ccc3c(c2)[C@]2(O[C@@H](CCn4cc(CCO)nn4)[C@H](C(C)(C)c4ccc(OC)cc4)[C@H]2C)C(=O)N3Cc2ccccc2)cc1. The van der Waals surface area contributed by atoms with Gasteiger partial charge in [-0.05, 0) is 77.6 Å². The minimum absolute atomic E-state index is 0.00781. The van der Waals surface area contributed by atoms with E-state index in [4.69, 9.17) is 14.2 Å². The first-order chi connectivity index (χ1) is 26.1. The summed E-state index contributed by atoms with van der Waals surface area (Å²) in [4.78, 5) is 30.5. The molecule has 0 saturated carbocycles. The maximum absolute atomic E-state index is 15.2. The molecule has 0 aliphatic carbocycles. The third kappa shape index (κ3) is 6.73. The minimum atomic E-state index is -1.34. The van der Waals surface area contributed by atoms with Gasteiger partial charge in [-0.2, -0.15) is 0 Å². The number of methoxy groups -OCH3 is 2. The molecule has 4 atom stereocenters. The van der Waals surface area contributed by atoms with E-state index in [1.54, 1.807) is 43.2 Å². The van der Waals surface area contributed by atoms with Gasteiger partial charge in [0, 0.05) is 54.4 Å². The number of benzene rings is 4. The van der Waals surface area contributed by atoms with Crippen molar-refractivity contribution in [1.82, 2.24) is 15.0 Å². The molecular formula is C43H47N5O6. The van der Waals surface area contributed by atoms with Crippen LogP contribution in [0.1, 0.15) is 59.9 Å². The number of hydrogen-bond acceptors (Lipinski definition) is 8. The third-order valence-electron chi connectivity index (χ3n) is 11.2. The lowest BCUT2D eigenvalue weighted by atomic mass is 9.63. The van der Waals surface area contributed by atoms with Crippen LogP contribution in [0, 0.1) is 11.8 Å². The van der Waals surface area contributed by atoms with Gasteiger partial charge in [0.1, 0.15) is 11.5 Å². The van der Waals surface area contributed by atoms with Crippen molar-refractivity contribution in [3.05, 3.63) is 131 Å². The van der Waals surface area contributed by atoms with E-state index < -0.39 is 11.0 Å². The molecule has 280 valence electrons. The highest BCUT2D eigenvalue weighted by Crippen LogP contribution is 2.60. The van der Waals surface area contributed by atoms with Crippen LogP contribution in [0.25, 0.3) is 0 Å². The first-order valence-electron chi connectivity index (χ1n) is 18.4. The molecule has 2 aliphatic heterocycles. The number of aromatic nitrogens is 3. The first kappa shape index (κ1) is 36.8. The molecule has 1 spiro atoms. The second kappa shape index (κ2) is 15.1. The zero-order valence-electron chi connectivity index (χ0n) is 31.4. The van der Waals surface area contributed by atoms with Gasteiger partial charge in [-0.1, -0.05) is 68.4 Å². The van der Waals surface area contributed by atoms with E-state index in [0.29, 0.717) is 48.6 Å². The molecular weight excluding hydrogens is 683 g/mol. The van der Waals surface area contributed by atoms with Gasteiger partial charge in [0.15, 0.2) is 5.60 Å². The molecule has 0 unspecified atom stereocenters. The fourth-order valence-electron chi connectivity index (χ4n) is 8.47. The first-order valence-corrected chi connectivity index (χ1v) is 18.4. The van der Waals surface area contributed by atoms with Crippen LogP contribution in [0.4, 0.5) is 11.4 Å². The summed E-state index contributed by atoms with van der Waals surface area (Å²) in [7, 11) is 3.24. The average molecular weight is 730 g/mol. The molecule has 11 nitrogen and oxygen atoms in total. The van der Waals surface area contributed by atoms with Crippen molar-refractivity contribution in [1.29, 1.82) is 0 Å². The van der Waals surface area contributed by atoms with Gasteiger partial charge in [0.2, 0.25) is 0 Å². The zero-order valence-corrected chi connectivity index (χ0v) is 31.4. The molecule has 3 heterocycles. The Hall–Kier alpha value is -5.52.